The van der Waals surface area contributed by atoms with Crippen LogP contribution < -0.4 is 0 Å². The Morgan fingerprint density at radius 2 is 2.12 bits per heavy atom. The number of hydrogen-bond acceptors (Lipinski definition) is 2. The highest BCUT2D eigenvalue weighted by Crippen LogP contribution is 2.16. The average molecular weight is 228 g/mol. The lowest BCUT2D eigenvalue weighted by Gasteiger charge is -2.29. The van der Waals surface area contributed by atoms with E-state index in [1.54, 1.807) is 0 Å². The van der Waals surface area contributed by atoms with Crippen molar-refractivity contribution in [1.29, 1.82) is 5.26 Å². The maximum Gasteiger partial charge on any atom is 0.0669 e. The Balaban J connectivity index is 1.70. The van der Waals surface area contributed by atoms with Gasteiger partial charge in [0, 0.05) is 6.54 Å². The molecule has 90 valence electrons. The Kier molecular flexibility index (Phi) is 4.58. The molecule has 1 atom stereocenters. The Labute approximate surface area is 104 Å². The van der Waals surface area contributed by atoms with Crippen LogP contribution in [0.1, 0.15) is 24.8 Å². The smallest absolute Gasteiger partial charge is 0.0669 e. The van der Waals surface area contributed by atoms with Crippen LogP contribution in [0.5, 0.6) is 0 Å². The molecular weight excluding hydrogens is 208 g/mol. The number of rotatable bonds is 4. The zero-order valence-electron chi connectivity index (χ0n) is 10.3. The van der Waals surface area contributed by atoms with Crippen molar-refractivity contribution in [3.8, 4) is 6.07 Å². The van der Waals surface area contributed by atoms with Crippen LogP contribution in [-0.4, -0.2) is 24.5 Å². The third kappa shape index (κ3) is 3.87. The Morgan fingerprint density at radius 1 is 1.29 bits per heavy atom. The molecule has 0 aromatic heterocycles. The van der Waals surface area contributed by atoms with Gasteiger partial charge in [0.25, 0.3) is 0 Å². The van der Waals surface area contributed by atoms with E-state index in [0.717, 1.165) is 25.9 Å². The van der Waals surface area contributed by atoms with Crippen LogP contribution >= 0.6 is 0 Å². The summed E-state index contributed by atoms with van der Waals surface area (Å²) in [5.74, 6) is 0.264. The van der Waals surface area contributed by atoms with E-state index in [1.165, 1.54) is 24.9 Å². The quantitative estimate of drug-likeness (QED) is 0.792. The molecule has 1 aliphatic heterocycles. The molecule has 0 amide bonds. The number of aryl methyl sites for hydroxylation is 1. The largest absolute Gasteiger partial charge is 0.302 e. The summed E-state index contributed by atoms with van der Waals surface area (Å²) >= 11 is 0. The van der Waals surface area contributed by atoms with Gasteiger partial charge < -0.3 is 4.90 Å². The van der Waals surface area contributed by atoms with Crippen LogP contribution in [0, 0.1) is 17.2 Å². The van der Waals surface area contributed by atoms with Gasteiger partial charge in [-0.2, -0.15) is 5.26 Å². The minimum atomic E-state index is 0.264. The van der Waals surface area contributed by atoms with E-state index >= 15 is 0 Å². The van der Waals surface area contributed by atoms with Crippen molar-refractivity contribution in [2.45, 2.75) is 25.7 Å². The van der Waals surface area contributed by atoms with Crippen LogP contribution in [-0.2, 0) is 6.42 Å². The van der Waals surface area contributed by atoms with E-state index in [1.807, 2.05) is 0 Å². The van der Waals surface area contributed by atoms with Gasteiger partial charge in [-0.05, 0) is 44.3 Å². The van der Waals surface area contributed by atoms with Crippen molar-refractivity contribution in [1.82, 2.24) is 4.90 Å². The fourth-order valence-corrected chi connectivity index (χ4v) is 2.52. The van der Waals surface area contributed by atoms with Gasteiger partial charge in [-0.15, -0.1) is 0 Å². The molecule has 17 heavy (non-hydrogen) atoms. The molecule has 1 aromatic carbocycles. The highest BCUT2D eigenvalue weighted by Gasteiger charge is 2.18. The molecule has 2 nitrogen and oxygen atoms in total. The summed E-state index contributed by atoms with van der Waals surface area (Å²) in [6, 6.07) is 13.0. The molecule has 0 radical (unpaired) electrons. The SMILES string of the molecule is N#CC1CCCN(CCCc2ccccc2)C1. The van der Waals surface area contributed by atoms with Crippen molar-refractivity contribution >= 4 is 0 Å². The predicted molar refractivity (Wildman–Crippen MR) is 69.5 cm³/mol. The minimum absolute atomic E-state index is 0.264. The Hall–Kier alpha value is -1.33. The first-order chi connectivity index (χ1) is 8.38. The van der Waals surface area contributed by atoms with Crippen molar-refractivity contribution in [3.05, 3.63) is 35.9 Å². The van der Waals surface area contributed by atoms with Gasteiger partial charge in [0.05, 0.1) is 12.0 Å². The van der Waals surface area contributed by atoms with Crippen LogP contribution in [0.4, 0.5) is 0 Å². The standard InChI is InChI=1S/C15H20N2/c16-12-15-9-5-11-17(13-15)10-4-8-14-6-2-1-3-7-14/h1-3,6-7,15H,4-5,8-11,13H2. The first-order valence-electron chi connectivity index (χ1n) is 6.54. The molecule has 1 aromatic rings. The lowest BCUT2D eigenvalue weighted by molar-refractivity contribution is 0.198. The molecular formula is C15H20N2. The van der Waals surface area contributed by atoms with Crippen molar-refractivity contribution < 1.29 is 0 Å². The molecule has 0 aliphatic carbocycles. The number of nitriles is 1. The summed E-state index contributed by atoms with van der Waals surface area (Å²) < 4.78 is 0. The predicted octanol–water partition coefficient (Wildman–Crippen LogP) is 2.85. The molecule has 1 fully saturated rings. The van der Waals surface area contributed by atoms with E-state index in [2.05, 4.69) is 41.3 Å². The first kappa shape index (κ1) is 12.1. The van der Waals surface area contributed by atoms with Gasteiger partial charge >= 0.3 is 0 Å². The average Bonchev–Trinajstić information content (AvgIpc) is 2.40. The summed E-state index contributed by atoms with van der Waals surface area (Å²) in [5.41, 5.74) is 1.42. The topological polar surface area (TPSA) is 27.0 Å². The van der Waals surface area contributed by atoms with Gasteiger partial charge in [0.2, 0.25) is 0 Å². The highest BCUT2D eigenvalue weighted by atomic mass is 15.1. The van der Waals surface area contributed by atoms with Crippen LogP contribution in [0.2, 0.25) is 0 Å². The summed E-state index contributed by atoms with van der Waals surface area (Å²) in [5, 5.41) is 8.94. The molecule has 1 saturated heterocycles. The first-order valence-corrected chi connectivity index (χ1v) is 6.54. The molecule has 0 saturated carbocycles. The molecule has 1 heterocycles. The van der Waals surface area contributed by atoms with E-state index < -0.39 is 0 Å². The van der Waals surface area contributed by atoms with Gasteiger partial charge in [-0.1, -0.05) is 30.3 Å². The Morgan fingerprint density at radius 3 is 2.88 bits per heavy atom. The molecule has 0 bridgehead atoms. The van der Waals surface area contributed by atoms with Crippen molar-refractivity contribution in [2.24, 2.45) is 5.92 Å². The van der Waals surface area contributed by atoms with E-state index in [0.29, 0.717) is 0 Å². The molecule has 0 spiro atoms. The molecule has 1 aliphatic rings. The van der Waals surface area contributed by atoms with Crippen molar-refractivity contribution in [2.75, 3.05) is 19.6 Å². The Bertz CT molecular complexity index is 366. The zero-order chi connectivity index (χ0) is 11.9. The molecule has 0 N–H and O–H groups in total. The van der Waals surface area contributed by atoms with Gasteiger partial charge in [0.1, 0.15) is 0 Å². The second kappa shape index (κ2) is 6.42. The summed E-state index contributed by atoms with van der Waals surface area (Å²) in [6.07, 6.45) is 4.62. The molecule has 2 rings (SSSR count). The van der Waals surface area contributed by atoms with Crippen LogP contribution in [0.25, 0.3) is 0 Å². The minimum Gasteiger partial charge on any atom is -0.302 e. The van der Waals surface area contributed by atoms with E-state index in [4.69, 9.17) is 5.26 Å². The molecule has 1 unspecified atom stereocenters. The third-order valence-corrected chi connectivity index (χ3v) is 3.47. The summed E-state index contributed by atoms with van der Waals surface area (Å²) in [6.45, 7) is 3.28. The number of nitrogens with zero attached hydrogens (tertiary/aromatic N) is 2. The maximum absolute atomic E-state index is 8.94. The highest BCUT2D eigenvalue weighted by molar-refractivity contribution is 5.14. The summed E-state index contributed by atoms with van der Waals surface area (Å²) in [7, 11) is 0. The number of likely N-dealkylation sites (tertiary alicyclic amines) is 1. The zero-order valence-corrected chi connectivity index (χ0v) is 10.3. The van der Waals surface area contributed by atoms with E-state index in [-0.39, 0.29) is 5.92 Å². The second-order valence-electron chi connectivity index (χ2n) is 4.86. The summed E-state index contributed by atoms with van der Waals surface area (Å²) in [4.78, 5) is 2.44. The normalized spacial score (nSPS) is 21.0. The fourth-order valence-electron chi connectivity index (χ4n) is 2.52. The van der Waals surface area contributed by atoms with E-state index in [9.17, 15) is 0 Å². The molecule has 2 heteroatoms. The maximum atomic E-state index is 8.94. The lowest BCUT2D eigenvalue weighted by atomic mass is 9.99. The number of benzene rings is 1. The lowest BCUT2D eigenvalue weighted by Crippen LogP contribution is -2.35. The van der Waals surface area contributed by atoms with Crippen LogP contribution in [0.15, 0.2) is 30.3 Å². The second-order valence-corrected chi connectivity index (χ2v) is 4.86. The van der Waals surface area contributed by atoms with Gasteiger partial charge in [-0.25, -0.2) is 0 Å². The fraction of sp³-hybridized carbons (Fsp3) is 0.533. The third-order valence-electron chi connectivity index (χ3n) is 3.47. The van der Waals surface area contributed by atoms with Gasteiger partial charge in [0.15, 0.2) is 0 Å². The van der Waals surface area contributed by atoms with Gasteiger partial charge in [-0.3, -0.25) is 0 Å². The monoisotopic (exact) mass is 228 g/mol. The number of hydrogen-bond donors (Lipinski definition) is 0. The number of piperidine rings is 1. The van der Waals surface area contributed by atoms with Crippen LogP contribution in [0.3, 0.4) is 0 Å². The van der Waals surface area contributed by atoms with Crippen molar-refractivity contribution in [3.63, 3.8) is 0 Å².